The fourth-order valence-corrected chi connectivity index (χ4v) is 5.44. The molecule has 0 saturated carbocycles. The van der Waals surface area contributed by atoms with Crippen molar-refractivity contribution in [3.63, 3.8) is 0 Å². The van der Waals surface area contributed by atoms with Crippen LogP contribution in [0, 0.1) is 5.82 Å². The number of carbonyl (C=O) groups excluding carboxylic acids is 1. The molecule has 4 rings (SSSR count). The lowest BCUT2D eigenvalue weighted by atomic mass is 9.84. The lowest BCUT2D eigenvalue weighted by Crippen LogP contribution is -2.31. The summed E-state index contributed by atoms with van der Waals surface area (Å²) in [6, 6.07) is 5.60. The van der Waals surface area contributed by atoms with Gasteiger partial charge in [-0.15, -0.1) is 0 Å². The van der Waals surface area contributed by atoms with E-state index in [2.05, 4.69) is 45.8 Å². The molecule has 0 aliphatic carbocycles. The third kappa shape index (κ3) is 4.65. The number of amidine groups is 1. The first-order chi connectivity index (χ1) is 17.1. The summed E-state index contributed by atoms with van der Waals surface area (Å²) in [5.41, 5.74) is 3.30. The Morgan fingerprint density at radius 3 is 2.28 bits per heavy atom. The molecule has 9 heteroatoms. The van der Waals surface area contributed by atoms with Crippen LogP contribution in [0.2, 0.25) is 0 Å². The summed E-state index contributed by atoms with van der Waals surface area (Å²) in [7, 11) is 4.54. The Balaban J connectivity index is 1.71. The molecule has 0 N–H and O–H groups in total. The summed E-state index contributed by atoms with van der Waals surface area (Å²) in [4.78, 5) is 17.7. The number of hydrogen-bond donors (Lipinski definition) is 0. The van der Waals surface area contributed by atoms with Crippen LogP contribution in [0.3, 0.4) is 0 Å². The maximum atomic E-state index is 15.3. The molecule has 7 nitrogen and oxygen atoms in total. The summed E-state index contributed by atoms with van der Waals surface area (Å²) >= 11 is 3.13. The first-order valence-corrected chi connectivity index (χ1v) is 12.7. The van der Waals surface area contributed by atoms with E-state index in [0.717, 1.165) is 42.9 Å². The van der Waals surface area contributed by atoms with Gasteiger partial charge in [-0.1, -0.05) is 20.8 Å². The Hall–Kier alpha value is -2.81. The minimum Gasteiger partial charge on any atom is -0.494 e. The SMILES string of the molecule is COc1cc2c(c(F)c1OC)C(=NBr)N(CC(=O)c1cc(N3CCCC3)c(OC)c(C(C)(C)C)c1)C2. The number of benzene rings is 2. The number of halogens is 2. The Kier molecular flexibility index (Phi) is 7.50. The van der Waals surface area contributed by atoms with Crippen LogP contribution in [0.5, 0.6) is 17.2 Å². The van der Waals surface area contributed by atoms with Gasteiger partial charge in [0.2, 0.25) is 0 Å². The standard InChI is InChI=1S/C27H33BrFN3O4/c1-27(2,3)18-11-16(12-19(24(18)35-5)31-9-7-8-10-31)20(33)15-32-14-17-13-21(34-4)25(36-6)23(29)22(17)26(32)30-28/h11-13H,7-10,14-15H2,1-6H3. The van der Waals surface area contributed by atoms with Gasteiger partial charge in [-0.3, -0.25) is 4.79 Å². The Morgan fingerprint density at radius 1 is 1.06 bits per heavy atom. The summed E-state index contributed by atoms with van der Waals surface area (Å²) < 4.78 is 35.9. The van der Waals surface area contributed by atoms with Gasteiger partial charge in [0.15, 0.2) is 23.1 Å². The molecule has 2 aliphatic heterocycles. The van der Waals surface area contributed by atoms with E-state index in [1.54, 1.807) is 18.1 Å². The molecule has 0 bridgehead atoms. The number of methoxy groups -OCH3 is 3. The lowest BCUT2D eigenvalue weighted by Gasteiger charge is -2.29. The molecule has 2 aromatic rings. The van der Waals surface area contributed by atoms with Crippen LogP contribution >= 0.6 is 16.1 Å². The van der Waals surface area contributed by atoms with Crippen molar-refractivity contribution in [2.75, 3.05) is 45.9 Å². The lowest BCUT2D eigenvalue weighted by molar-refractivity contribution is 0.0963. The number of fused-ring (bicyclic) bond motifs is 1. The number of ketones is 1. The van der Waals surface area contributed by atoms with Crippen LogP contribution in [-0.2, 0) is 12.0 Å². The number of carbonyl (C=O) groups is 1. The molecule has 0 atom stereocenters. The number of hydrogen-bond acceptors (Lipinski definition) is 6. The van der Waals surface area contributed by atoms with E-state index in [9.17, 15) is 4.79 Å². The summed E-state index contributed by atoms with van der Waals surface area (Å²) in [5, 5.41) is 0. The molecule has 194 valence electrons. The van der Waals surface area contributed by atoms with Crippen molar-refractivity contribution in [1.29, 1.82) is 0 Å². The van der Waals surface area contributed by atoms with Crippen molar-refractivity contribution in [3.8, 4) is 17.2 Å². The quantitative estimate of drug-likeness (QED) is 0.415. The fourth-order valence-electron chi connectivity index (χ4n) is 5.04. The molecule has 1 saturated heterocycles. The highest BCUT2D eigenvalue weighted by atomic mass is 79.9. The molecule has 36 heavy (non-hydrogen) atoms. The van der Waals surface area contributed by atoms with Gasteiger partial charge in [0.05, 0.1) is 55.3 Å². The van der Waals surface area contributed by atoms with E-state index >= 15 is 4.39 Å². The van der Waals surface area contributed by atoms with Crippen molar-refractivity contribution >= 4 is 33.5 Å². The molecule has 2 heterocycles. The fraction of sp³-hybridized carbons (Fsp3) is 0.481. The van der Waals surface area contributed by atoms with Crippen LogP contribution in [0.25, 0.3) is 0 Å². The van der Waals surface area contributed by atoms with Crippen LogP contribution < -0.4 is 19.1 Å². The zero-order chi connectivity index (χ0) is 26.2. The highest BCUT2D eigenvalue weighted by Gasteiger charge is 2.34. The van der Waals surface area contributed by atoms with Crippen LogP contribution in [-0.4, -0.2) is 57.5 Å². The third-order valence-electron chi connectivity index (χ3n) is 6.84. The minimum absolute atomic E-state index is 0.0123. The van der Waals surface area contributed by atoms with E-state index in [-0.39, 0.29) is 23.5 Å². The maximum absolute atomic E-state index is 15.3. The normalized spacial score (nSPS) is 16.5. The van der Waals surface area contributed by atoms with E-state index in [4.69, 9.17) is 14.2 Å². The van der Waals surface area contributed by atoms with Crippen molar-refractivity contribution in [2.45, 2.75) is 45.6 Å². The second kappa shape index (κ2) is 10.3. The van der Waals surface area contributed by atoms with Gasteiger partial charge in [-0.25, -0.2) is 4.39 Å². The number of ether oxygens (including phenoxy) is 3. The molecule has 0 aromatic heterocycles. The Bertz CT molecular complexity index is 1200. The largest absolute Gasteiger partial charge is 0.494 e. The topological polar surface area (TPSA) is 63.6 Å². The van der Waals surface area contributed by atoms with Gasteiger partial charge in [0, 0.05) is 30.8 Å². The Morgan fingerprint density at radius 2 is 1.72 bits per heavy atom. The van der Waals surface area contributed by atoms with E-state index < -0.39 is 5.82 Å². The zero-order valence-corrected chi connectivity index (χ0v) is 23.3. The molecule has 2 aromatic carbocycles. The van der Waals surface area contributed by atoms with Crippen molar-refractivity contribution < 1.29 is 23.4 Å². The average Bonchev–Trinajstić information content (AvgIpc) is 3.50. The van der Waals surface area contributed by atoms with E-state index in [0.29, 0.717) is 34.8 Å². The first kappa shape index (κ1) is 26.3. The summed E-state index contributed by atoms with van der Waals surface area (Å²) in [5.74, 6) is 0.842. The first-order valence-electron chi connectivity index (χ1n) is 12.0. The van der Waals surface area contributed by atoms with Gasteiger partial charge in [-0.2, -0.15) is 4.02 Å². The van der Waals surface area contributed by atoms with Gasteiger partial charge in [0.25, 0.3) is 0 Å². The number of nitrogens with zero attached hydrogens (tertiary/aromatic N) is 3. The number of rotatable bonds is 7. The van der Waals surface area contributed by atoms with E-state index in [1.165, 1.54) is 14.2 Å². The Labute approximate surface area is 220 Å². The molecule has 0 spiro atoms. The summed E-state index contributed by atoms with van der Waals surface area (Å²) in [6.07, 6.45) is 2.23. The van der Waals surface area contributed by atoms with Crippen LogP contribution in [0.1, 0.15) is 60.7 Å². The molecule has 0 radical (unpaired) electrons. The zero-order valence-electron chi connectivity index (χ0n) is 21.7. The molecular formula is C27H33BrFN3O4. The van der Waals surface area contributed by atoms with Gasteiger partial charge < -0.3 is 24.0 Å². The smallest absolute Gasteiger partial charge is 0.197 e. The monoisotopic (exact) mass is 561 g/mol. The van der Waals surface area contributed by atoms with Gasteiger partial charge in [0.1, 0.15) is 11.6 Å². The highest BCUT2D eigenvalue weighted by molar-refractivity contribution is 9.08. The molecular weight excluding hydrogens is 529 g/mol. The van der Waals surface area contributed by atoms with Crippen LogP contribution in [0.15, 0.2) is 22.2 Å². The number of Topliss-reactive ketones (excluding diaryl/α,β-unsaturated/α-hetero) is 1. The second-order valence-corrected chi connectivity index (χ2v) is 10.5. The van der Waals surface area contributed by atoms with Gasteiger partial charge in [-0.05, 0) is 42.0 Å². The average molecular weight is 562 g/mol. The predicted octanol–water partition coefficient (Wildman–Crippen LogP) is 5.50. The van der Waals surface area contributed by atoms with E-state index in [1.807, 2.05) is 12.1 Å². The third-order valence-corrected chi connectivity index (χ3v) is 7.18. The molecule has 2 aliphatic rings. The number of anilines is 1. The highest BCUT2D eigenvalue weighted by Crippen LogP contribution is 2.42. The van der Waals surface area contributed by atoms with Crippen molar-refractivity contribution in [2.24, 2.45) is 4.02 Å². The summed E-state index contributed by atoms with van der Waals surface area (Å²) in [6.45, 7) is 8.57. The van der Waals surface area contributed by atoms with Crippen molar-refractivity contribution in [1.82, 2.24) is 4.90 Å². The molecule has 1 fully saturated rings. The molecule has 0 unspecified atom stereocenters. The predicted molar refractivity (Wildman–Crippen MR) is 143 cm³/mol. The minimum atomic E-state index is -0.559. The molecule has 0 amide bonds. The van der Waals surface area contributed by atoms with Gasteiger partial charge >= 0.3 is 0 Å². The maximum Gasteiger partial charge on any atom is 0.197 e. The van der Waals surface area contributed by atoms with Crippen LogP contribution in [0.4, 0.5) is 10.1 Å². The van der Waals surface area contributed by atoms with Crippen molar-refractivity contribution in [3.05, 3.63) is 46.3 Å². The second-order valence-electron chi connectivity index (χ2n) is 10.2.